The van der Waals surface area contributed by atoms with E-state index in [0.717, 1.165) is 12.8 Å². The van der Waals surface area contributed by atoms with Gasteiger partial charge >= 0.3 is 0 Å². The summed E-state index contributed by atoms with van der Waals surface area (Å²) in [6.45, 7) is 2.04. The summed E-state index contributed by atoms with van der Waals surface area (Å²) in [6, 6.07) is 4.28. The van der Waals surface area contributed by atoms with Crippen molar-refractivity contribution in [1.82, 2.24) is 0 Å². The number of ether oxygens (including phenoxy) is 1. The van der Waals surface area contributed by atoms with Gasteiger partial charge in [0.1, 0.15) is 0 Å². The number of halogens is 1. The van der Waals surface area contributed by atoms with E-state index in [0.29, 0.717) is 12.0 Å². The minimum absolute atomic E-state index is 0.0217. The Bertz CT molecular complexity index is 407. The highest BCUT2D eigenvalue weighted by Gasteiger charge is 2.17. The second-order valence-corrected chi connectivity index (χ2v) is 4.33. The van der Waals surface area contributed by atoms with E-state index in [4.69, 9.17) is 10.5 Å². The molecule has 100 valence electrons. The summed E-state index contributed by atoms with van der Waals surface area (Å²) in [4.78, 5) is 11.8. The lowest BCUT2D eigenvalue weighted by molar-refractivity contribution is -0.119. The van der Waals surface area contributed by atoms with Crippen LogP contribution in [0.3, 0.4) is 0 Å². The maximum absolute atomic E-state index is 13.8. The Labute approximate surface area is 107 Å². The number of ketones is 1. The Kier molecular flexibility index (Phi) is 5.78. The van der Waals surface area contributed by atoms with Crippen molar-refractivity contribution >= 4 is 5.78 Å². The summed E-state index contributed by atoms with van der Waals surface area (Å²) >= 11 is 0. The van der Waals surface area contributed by atoms with Crippen LogP contribution in [0.15, 0.2) is 18.2 Å². The van der Waals surface area contributed by atoms with Crippen LogP contribution < -0.4 is 10.5 Å². The maximum Gasteiger partial charge on any atom is 0.168 e. The summed E-state index contributed by atoms with van der Waals surface area (Å²) in [5, 5.41) is 0. The number of rotatable bonds is 7. The second-order valence-electron chi connectivity index (χ2n) is 4.33. The second kappa shape index (κ2) is 7.11. The lowest BCUT2D eigenvalue weighted by Gasteiger charge is -2.11. The van der Waals surface area contributed by atoms with Crippen LogP contribution >= 0.6 is 0 Å². The van der Waals surface area contributed by atoms with E-state index in [-0.39, 0.29) is 18.0 Å². The quantitative estimate of drug-likeness (QED) is 0.812. The molecule has 0 heterocycles. The third-order valence-electron chi connectivity index (χ3n) is 2.91. The zero-order valence-corrected chi connectivity index (χ0v) is 10.9. The monoisotopic (exact) mass is 253 g/mol. The van der Waals surface area contributed by atoms with Crippen LogP contribution in [0.25, 0.3) is 0 Å². The van der Waals surface area contributed by atoms with Gasteiger partial charge in [0.05, 0.1) is 13.2 Å². The fourth-order valence-corrected chi connectivity index (χ4v) is 1.75. The summed E-state index contributed by atoms with van der Waals surface area (Å²) in [5.74, 6) is -0.450. The molecule has 1 aromatic carbocycles. The zero-order valence-electron chi connectivity index (χ0n) is 10.9. The molecule has 18 heavy (non-hydrogen) atoms. The van der Waals surface area contributed by atoms with Crippen LogP contribution in [-0.2, 0) is 11.2 Å². The first kappa shape index (κ1) is 14.6. The minimum Gasteiger partial charge on any atom is -0.494 e. The van der Waals surface area contributed by atoms with E-state index >= 15 is 0 Å². The molecule has 1 aromatic rings. The van der Waals surface area contributed by atoms with E-state index in [1.165, 1.54) is 13.2 Å². The van der Waals surface area contributed by atoms with Crippen molar-refractivity contribution in [2.24, 2.45) is 5.73 Å². The number of methoxy groups -OCH3 is 1. The van der Waals surface area contributed by atoms with Crippen LogP contribution in [0.2, 0.25) is 0 Å². The van der Waals surface area contributed by atoms with Crippen molar-refractivity contribution in [1.29, 1.82) is 0 Å². The fraction of sp³-hybridized carbons (Fsp3) is 0.500. The third kappa shape index (κ3) is 3.81. The van der Waals surface area contributed by atoms with Crippen molar-refractivity contribution < 1.29 is 13.9 Å². The molecule has 0 amide bonds. The minimum atomic E-state index is -0.504. The van der Waals surface area contributed by atoms with Gasteiger partial charge in [-0.1, -0.05) is 31.9 Å². The predicted molar refractivity (Wildman–Crippen MR) is 69.2 cm³/mol. The Morgan fingerprint density at radius 3 is 2.83 bits per heavy atom. The summed E-state index contributed by atoms with van der Waals surface area (Å²) in [5.41, 5.74) is 6.11. The molecule has 0 aliphatic rings. The largest absolute Gasteiger partial charge is 0.494 e. The molecule has 2 N–H and O–H groups in total. The Morgan fingerprint density at radius 2 is 2.22 bits per heavy atom. The number of hydrogen-bond donors (Lipinski definition) is 1. The number of nitrogens with two attached hydrogens (primary N) is 1. The van der Waals surface area contributed by atoms with Gasteiger partial charge in [0, 0.05) is 6.42 Å². The molecule has 1 rings (SSSR count). The van der Waals surface area contributed by atoms with Gasteiger partial charge in [0.25, 0.3) is 0 Å². The number of carbonyl (C=O) groups is 1. The van der Waals surface area contributed by atoms with Crippen molar-refractivity contribution in [3.05, 3.63) is 29.6 Å². The lowest BCUT2D eigenvalue weighted by atomic mass is 10.00. The molecular formula is C14H20FNO2. The molecule has 3 nitrogen and oxygen atoms in total. The normalized spacial score (nSPS) is 12.2. The maximum atomic E-state index is 13.8. The van der Waals surface area contributed by atoms with Crippen LogP contribution in [0.5, 0.6) is 5.75 Å². The number of unbranched alkanes of at least 4 members (excludes halogenated alkanes) is 1. The van der Waals surface area contributed by atoms with Gasteiger partial charge in [-0.15, -0.1) is 0 Å². The molecule has 0 aromatic heterocycles. The summed E-state index contributed by atoms with van der Waals surface area (Å²) in [6.07, 6.45) is 2.58. The van der Waals surface area contributed by atoms with E-state index in [1.54, 1.807) is 12.1 Å². The first-order valence-corrected chi connectivity index (χ1v) is 6.19. The topological polar surface area (TPSA) is 52.3 Å². The van der Waals surface area contributed by atoms with Crippen LogP contribution in [0.1, 0.15) is 31.7 Å². The SMILES string of the molecule is CCCCC(N)C(=O)Cc1cccc(OC)c1F. The highest BCUT2D eigenvalue weighted by Crippen LogP contribution is 2.20. The van der Waals surface area contributed by atoms with Crippen LogP contribution in [-0.4, -0.2) is 18.9 Å². The van der Waals surface area contributed by atoms with Gasteiger partial charge in [-0.25, -0.2) is 4.39 Å². The molecule has 0 fully saturated rings. The first-order valence-electron chi connectivity index (χ1n) is 6.19. The lowest BCUT2D eigenvalue weighted by Crippen LogP contribution is -2.31. The fourth-order valence-electron chi connectivity index (χ4n) is 1.75. The molecule has 0 aliphatic carbocycles. The van der Waals surface area contributed by atoms with Gasteiger partial charge in [0.15, 0.2) is 17.3 Å². The van der Waals surface area contributed by atoms with E-state index in [9.17, 15) is 9.18 Å². The molecule has 0 bridgehead atoms. The number of benzene rings is 1. The molecule has 0 aliphatic heterocycles. The Balaban J connectivity index is 2.70. The smallest absolute Gasteiger partial charge is 0.168 e. The number of hydrogen-bond acceptors (Lipinski definition) is 3. The van der Waals surface area contributed by atoms with Gasteiger partial charge in [-0.2, -0.15) is 0 Å². The molecule has 0 saturated heterocycles. The summed E-state index contributed by atoms with van der Waals surface area (Å²) < 4.78 is 18.7. The van der Waals surface area contributed by atoms with Gasteiger partial charge in [0.2, 0.25) is 0 Å². The van der Waals surface area contributed by atoms with Crippen molar-refractivity contribution in [2.45, 2.75) is 38.6 Å². The highest BCUT2D eigenvalue weighted by molar-refractivity contribution is 5.85. The number of Topliss-reactive ketones (excluding diaryl/α,β-unsaturated/α-hetero) is 1. The molecule has 4 heteroatoms. The van der Waals surface area contributed by atoms with Crippen molar-refractivity contribution in [3.8, 4) is 5.75 Å². The average molecular weight is 253 g/mol. The van der Waals surface area contributed by atoms with E-state index < -0.39 is 11.9 Å². The standard InChI is InChI=1S/C14H20FNO2/c1-3-4-7-11(16)12(17)9-10-6-5-8-13(18-2)14(10)15/h5-6,8,11H,3-4,7,9,16H2,1-2H3. The molecular weight excluding hydrogens is 233 g/mol. The van der Waals surface area contributed by atoms with Gasteiger partial charge in [-0.3, -0.25) is 4.79 Å². The van der Waals surface area contributed by atoms with E-state index in [1.807, 2.05) is 6.92 Å². The molecule has 1 atom stereocenters. The highest BCUT2D eigenvalue weighted by atomic mass is 19.1. The first-order chi connectivity index (χ1) is 8.60. The molecule has 0 radical (unpaired) electrons. The van der Waals surface area contributed by atoms with Gasteiger partial charge < -0.3 is 10.5 Å². The van der Waals surface area contributed by atoms with Crippen LogP contribution in [0.4, 0.5) is 4.39 Å². The summed E-state index contributed by atoms with van der Waals surface area (Å²) in [7, 11) is 1.40. The third-order valence-corrected chi connectivity index (χ3v) is 2.91. The van der Waals surface area contributed by atoms with Crippen molar-refractivity contribution in [3.63, 3.8) is 0 Å². The Morgan fingerprint density at radius 1 is 1.50 bits per heavy atom. The van der Waals surface area contributed by atoms with Crippen LogP contribution in [0, 0.1) is 5.82 Å². The molecule has 0 saturated carbocycles. The van der Waals surface area contributed by atoms with E-state index in [2.05, 4.69) is 0 Å². The predicted octanol–water partition coefficient (Wildman–Crippen LogP) is 2.46. The Hall–Kier alpha value is -1.42. The van der Waals surface area contributed by atoms with Crippen molar-refractivity contribution in [2.75, 3.05) is 7.11 Å². The average Bonchev–Trinajstić information content (AvgIpc) is 2.38. The molecule has 0 spiro atoms. The number of carbonyl (C=O) groups excluding carboxylic acids is 1. The molecule has 1 unspecified atom stereocenters. The van der Waals surface area contributed by atoms with Gasteiger partial charge in [-0.05, 0) is 18.1 Å². The zero-order chi connectivity index (χ0) is 13.5.